The van der Waals surface area contributed by atoms with Crippen LogP contribution < -0.4 is 0 Å². The zero-order valence-electron chi connectivity index (χ0n) is 8.11. The predicted octanol–water partition coefficient (Wildman–Crippen LogP) is 0.638. The third-order valence-corrected chi connectivity index (χ3v) is 2.61. The van der Waals surface area contributed by atoms with Crippen LogP contribution in [0.25, 0.3) is 0 Å². The quantitative estimate of drug-likeness (QED) is 0.448. The maximum atomic E-state index is 10.7. The van der Waals surface area contributed by atoms with Crippen molar-refractivity contribution in [2.24, 2.45) is 0 Å². The molecule has 0 spiro atoms. The van der Waals surface area contributed by atoms with Crippen LogP contribution in [0.5, 0.6) is 0 Å². The summed E-state index contributed by atoms with van der Waals surface area (Å²) in [6.45, 7) is 0.304. The molecule has 0 saturated carbocycles. The Hall–Kier alpha value is -1.46. The van der Waals surface area contributed by atoms with Gasteiger partial charge in [-0.25, -0.2) is 4.90 Å². The highest BCUT2D eigenvalue weighted by Gasteiger charge is 2.58. The summed E-state index contributed by atoms with van der Waals surface area (Å²) in [5.41, 5.74) is 0.938. The third kappa shape index (κ3) is 1.84. The van der Waals surface area contributed by atoms with E-state index in [0.717, 1.165) is 5.56 Å². The van der Waals surface area contributed by atoms with Gasteiger partial charge in [0.05, 0.1) is 6.61 Å². The molecular formula is C10H12N2O3. The minimum Gasteiger partial charge on any atom is -0.395 e. The monoisotopic (exact) mass is 208 g/mol. The van der Waals surface area contributed by atoms with Crippen molar-refractivity contribution in [3.63, 3.8) is 0 Å². The lowest BCUT2D eigenvalue weighted by Gasteiger charge is -1.96. The molecule has 3 atom stereocenters. The van der Waals surface area contributed by atoms with Crippen LogP contribution in [-0.2, 0) is 0 Å². The van der Waals surface area contributed by atoms with Gasteiger partial charge in [-0.2, -0.15) is 0 Å². The van der Waals surface area contributed by atoms with E-state index in [1.54, 1.807) is 4.90 Å². The van der Waals surface area contributed by atoms with Crippen LogP contribution in [0, 0.1) is 10.1 Å². The highest BCUT2D eigenvalue weighted by atomic mass is 16.6. The zero-order chi connectivity index (χ0) is 10.8. The van der Waals surface area contributed by atoms with Crippen molar-refractivity contribution in [3.8, 4) is 0 Å². The van der Waals surface area contributed by atoms with Crippen LogP contribution in [0.3, 0.4) is 0 Å². The Balaban J connectivity index is 2.14. The molecule has 1 aliphatic rings. The normalized spacial score (nSPS) is 28.7. The molecule has 1 heterocycles. The van der Waals surface area contributed by atoms with Crippen LogP contribution in [0.15, 0.2) is 30.3 Å². The van der Waals surface area contributed by atoms with Gasteiger partial charge < -0.3 is 5.11 Å². The van der Waals surface area contributed by atoms with Gasteiger partial charge in [-0.15, -0.1) is 0 Å². The summed E-state index contributed by atoms with van der Waals surface area (Å²) in [5, 5.41) is 19.5. The topological polar surface area (TPSA) is 66.4 Å². The fraction of sp³-hybridized carbons (Fsp3) is 0.400. The zero-order valence-corrected chi connectivity index (χ0v) is 8.11. The second kappa shape index (κ2) is 3.96. The number of hydrogen-bond acceptors (Lipinski definition) is 4. The first-order chi connectivity index (χ1) is 7.25. The van der Waals surface area contributed by atoms with E-state index in [9.17, 15) is 10.1 Å². The van der Waals surface area contributed by atoms with E-state index in [0.29, 0.717) is 6.54 Å². The Morgan fingerprint density at radius 2 is 2.07 bits per heavy atom. The van der Waals surface area contributed by atoms with Crippen LogP contribution >= 0.6 is 0 Å². The van der Waals surface area contributed by atoms with Gasteiger partial charge >= 0.3 is 0 Å². The molecule has 0 aliphatic carbocycles. The minimum absolute atomic E-state index is 0.0479. The molecule has 1 fully saturated rings. The Bertz CT molecular complexity index is 355. The molecule has 0 amide bonds. The van der Waals surface area contributed by atoms with E-state index >= 15 is 0 Å². The first kappa shape index (κ1) is 10.1. The van der Waals surface area contributed by atoms with Crippen molar-refractivity contribution >= 4 is 0 Å². The molecule has 0 bridgehead atoms. The van der Waals surface area contributed by atoms with Crippen molar-refractivity contribution in [3.05, 3.63) is 46.0 Å². The molecule has 1 N–H and O–H groups in total. The smallest absolute Gasteiger partial charge is 0.289 e. The molecule has 5 nitrogen and oxygen atoms in total. The fourth-order valence-electron chi connectivity index (χ4n) is 1.90. The first-order valence-electron chi connectivity index (χ1n) is 4.80. The predicted molar refractivity (Wildman–Crippen MR) is 53.8 cm³/mol. The summed E-state index contributed by atoms with van der Waals surface area (Å²) in [7, 11) is 0. The van der Waals surface area contributed by atoms with Gasteiger partial charge in [0.15, 0.2) is 0 Å². The van der Waals surface area contributed by atoms with Crippen molar-refractivity contribution in [2.45, 2.75) is 12.2 Å². The standard InChI is InChI=1S/C10H12N2O3/c13-7-6-11-9(10(11)12(14)15)8-4-2-1-3-5-8/h1-5,9-10,13H,6-7H2/t9-,10-,11?/m1/s1. The highest BCUT2D eigenvalue weighted by Crippen LogP contribution is 2.42. The van der Waals surface area contributed by atoms with Crippen LogP contribution in [0.2, 0.25) is 0 Å². The van der Waals surface area contributed by atoms with Crippen LogP contribution in [0.4, 0.5) is 0 Å². The Kier molecular flexibility index (Phi) is 2.66. The van der Waals surface area contributed by atoms with Crippen molar-refractivity contribution in [2.75, 3.05) is 13.2 Å². The number of β-amino-alcohol motifs (C(OH)–C–C–N with tert-alkyl or cyclic N) is 1. The molecule has 1 aromatic rings. The summed E-state index contributed by atoms with van der Waals surface area (Å²) in [6, 6.07) is 9.18. The van der Waals surface area contributed by atoms with Gasteiger partial charge in [0, 0.05) is 11.5 Å². The number of benzene rings is 1. The Morgan fingerprint density at radius 1 is 1.40 bits per heavy atom. The molecular weight excluding hydrogens is 196 g/mol. The van der Waals surface area contributed by atoms with Gasteiger partial charge in [-0.1, -0.05) is 30.3 Å². The van der Waals surface area contributed by atoms with Crippen molar-refractivity contribution < 1.29 is 10.0 Å². The second-order valence-corrected chi connectivity index (χ2v) is 3.52. The van der Waals surface area contributed by atoms with Crippen LogP contribution in [0.1, 0.15) is 11.6 Å². The second-order valence-electron chi connectivity index (χ2n) is 3.52. The van der Waals surface area contributed by atoms with Gasteiger partial charge in [-0.3, -0.25) is 10.1 Å². The largest absolute Gasteiger partial charge is 0.395 e. The molecule has 1 unspecified atom stereocenters. The summed E-state index contributed by atoms with van der Waals surface area (Å²) in [6.07, 6.45) is -0.667. The number of aliphatic hydroxyl groups excluding tert-OH is 1. The van der Waals surface area contributed by atoms with Gasteiger partial charge in [-0.05, 0) is 5.56 Å². The van der Waals surface area contributed by atoms with Gasteiger partial charge in [0.25, 0.3) is 6.17 Å². The summed E-state index contributed by atoms with van der Waals surface area (Å²) >= 11 is 0. The first-order valence-corrected chi connectivity index (χ1v) is 4.80. The molecule has 1 aromatic carbocycles. The average Bonchev–Trinajstić information content (AvgIpc) is 2.94. The van der Waals surface area contributed by atoms with Crippen LogP contribution in [-0.4, -0.2) is 34.2 Å². The lowest BCUT2D eigenvalue weighted by Crippen LogP contribution is -2.13. The van der Waals surface area contributed by atoms with E-state index in [4.69, 9.17) is 5.11 Å². The summed E-state index contributed by atoms with van der Waals surface area (Å²) in [4.78, 5) is 12.1. The Labute approximate surface area is 87.1 Å². The fourth-order valence-corrected chi connectivity index (χ4v) is 1.90. The average molecular weight is 208 g/mol. The molecule has 2 rings (SSSR count). The molecule has 80 valence electrons. The van der Waals surface area contributed by atoms with E-state index in [1.807, 2.05) is 30.3 Å². The molecule has 0 radical (unpaired) electrons. The summed E-state index contributed by atoms with van der Waals surface area (Å²) < 4.78 is 0. The lowest BCUT2D eigenvalue weighted by atomic mass is 10.1. The maximum Gasteiger partial charge on any atom is 0.289 e. The minimum atomic E-state index is -0.667. The number of rotatable bonds is 4. The van der Waals surface area contributed by atoms with E-state index in [2.05, 4.69) is 0 Å². The molecule has 1 saturated heterocycles. The van der Waals surface area contributed by atoms with Gasteiger partial charge in [0.1, 0.15) is 6.04 Å². The Morgan fingerprint density at radius 3 is 2.60 bits per heavy atom. The van der Waals surface area contributed by atoms with Crippen molar-refractivity contribution in [1.29, 1.82) is 0 Å². The third-order valence-electron chi connectivity index (χ3n) is 2.61. The molecule has 15 heavy (non-hydrogen) atoms. The number of nitrogens with zero attached hydrogens (tertiary/aromatic N) is 2. The highest BCUT2D eigenvalue weighted by molar-refractivity contribution is 5.25. The molecule has 5 heteroatoms. The molecule has 0 aromatic heterocycles. The van der Waals surface area contributed by atoms with Crippen molar-refractivity contribution in [1.82, 2.24) is 4.90 Å². The number of aliphatic hydroxyl groups is 1. The summed E-state index contributed by atoms with van der Waals surface area (Å²) in [5.74, 6) is 0. The van der Waals surface area contributed by atoms with Gasteiger partial charge in [0.2, 0.25) is 0 Å². The molecule has 1 aliphatic heterocycles. The van der Waals surface area contributed by atoms with E-state index < -0.39 is 6.17 Å². The SMILES string of the molecule is O=[N+]([O-])[C@@H]1[C@@H](c2ccccc2)N1CCO. The van der Waals surface area contributed by atoms with E-state index in [1.165, 1.54) is 0 Å². The lowest BCUT2D eigenvalue weighted by molar-refractivity contribution is -0.507. The number of hydrogen-bond donors (Lipinski definition) is 1. The number of nitro groups is 1. The maximum absolute atomic E-state index is 10.7. The van der Waals surface area contributed by atoms with E-state index in [-0.39, 0.29) is 17.6 Å².